The number of aromatic nitrogens is 4. The molecule has 0 bridgehead atoms. The number of nitrogens with one attached hydrogen (secondary N) is 1. The number of carbonyl (C=O) groups excluding carboxylic acids is 1. The summed E-state index contributed by atoms with van der Waals surface area (Å²) in [5, 5.41) is 24.4. The molecule has 0 radical (unpaired) electrons. The molecule has 11 heteroatoms. The highest BCUT2D eigenvalue weighted by atomic mass is 35.5. The van der Waals surface area contributed by atoms with E-state index in [9.17, 15) is 9.90 Å². The third kappa shape index (κ3) is 4.21. The van der Waals surface area contributed by atoms with Crippen molar-refractivity contribution < 1.29 is 14.6 Å². The molecule has 2 unspecified atom stereocenters. The first-order chi connectivity index (χ1) is 17.3. The number of carbonyl (C=O) groups is 1. The molecule has 1 aliphatic carbocycles. The number of aliphatic hydroxyl groups is 1. The maximum atomic E-state index is 12.8. The second kappa shape index (κ2) is 8.95. The van der Waals surface area contributed by atoms with Crippen LogP contribution in [-0.4, -0.2) is 86.9 Å². The van der Waals surface area contributed by atoms with Crippen molar-refractivity contribution in [3.8, 4) is 0 Å². The van der Waals surface area contributed by atoms with Crippen LogP contribution in [0.1, 0.15) is 25.0 Å². The van der Waals surface area contributed by atoms with Crippen molar-refractivity contribution in [1.82, 2.24) is 24.9 Å². The summed E-state index contributed by atoms with van der Waals surface area (Å²) in [5.74, 6) is 0.484. The summed E-state index contributed by atoms with van der Waals surface area (Å²) in [6, 6.07) is 5.90. The van der Waals surface area contributed by atoms with Crippen molar-refractivity contribution in [2.75, 3.05) is 49.6 Å². The first kappa shape index (κ1) is 23.6. The largest absolute Gasteiger partial charge is 0.389 e. The van der Waals surface area contributed by atoms with Crippen LogP contribution >= 0.6 is 11.6 Å². The van der Waals surface area contributed by atoms with Gasteiger partial charge >= 0.3 is 0 Å². The molecule has 3 aliphatic rings. The second-order valence-corrected chi connectivity index (χ2v) is 10.7. The van der Waals surface area contributed by atoms with Crippen LogP contribution in [0.15, 0.2) is 30.6 Å². The van der Waals surface area contributed by atoms with E-state index in [0.717, 1.165) is 54.8 Å². The Morgan fingerprint density at radius 2 is 2.00 bits per heavy atom. The summed E-state index contributed by atoms with van der Waals surface area (Å²) in [7, 11) is 1.77. The molecule has 10 nitrogen and oxygen atoms in total. The second-order valence-electron chi connectivity index (χ2n) is 10.3. The summed E-state index contributed by atoms with van der Waals surface area (Å²) < 4.78 is 5.52. The van der Waals surface area contributed by atoms with Crippen molar-refractivity contribution in [3.05, 3.63) is 41.3 Å². The molecular formula is C25H30ClN7O3. The van der Waals surface area contributed by atoms with Crippen LogP contribution in [0.25, 0.3) is 10.8 Å². The lowest BCUT2D eigenvalue weighted by Crippen LogP contribution is -2.60. The van der Waals surface area contributed by atoms with Gasteiger partial charge in [0.05, 0.1) is 47.5 Å². The summed E-state index contributed by atoms with van der Waals surface area (Å²) in [6.07, 6.45) is 3.77. The molecule has 3 aromatic rings. The number of hydrogen-bond acceptors (Lipinski definition) is 8. The number of rotatable bonds is 5. The zero-order valence-electron chi connectivity index (χ0n) is 20.4. The standard InChI is InChI=1S/C25H30ClN7O3/c1-25(14-36-13-22(25)34)33-5-3-32(4-6-33)21-8-15-9-23(27-11-16(15)7-19(21)26)29-24(35)18-10-17(18)20-12-28-31(2)30-20/h7-9,11-12,17-18,22,34H,3-6,10,13-14H2,1-2H3,(H,27,29,35)/t17?,18?,22-,25+/m1/s1. The summed E-state index contributed by atoms with van der Waals surface area (Å²) in [6.45, 7) is 6.24. The van der Waals surface area contributed by atoms with Gasteiger partial charge in [-0.3, -0.25) is 9.69 Å². The monoisotopic (exact) mass is 511 g/mol. The fourth-order valence-corrected chi connectivity index (χ4v) is 5.73. The van der Waals surface area contributed by atoms with Crippen LogP contribution < -0.4 is 10.2 Å². The lowest BCUT2D eigenvalue weighted by atomic mass is 9.95. The van der Waals surface area contributed by atoms with E-state index >= 15 is 0 Å². The van der Waals surface area contributed by atoms with Crippen molar-refractivity contribution in [3.63, 3.8) is 0 Å². The molecule has 1 aromatic carbocycles. The normalized spacial score (nSPS) is 28.6. The van der Waals surface area contributed by atoms with E-state index in [1.807, 2.05) is 12.1 Å². The molecule has 1 amide bonds. The number of aliphatic hydroxyl groups excluding tert-OH is 1. The van der Waals surface area contributed by atoms with Gasteiger partial charge in [0, 0.05) is 56.6 Å². The Bertz CT molecular complexity index is 1310. The Labute approximate surface area is 214 Å². The van der Waals surface area contributed by atoms with Crippen molar-refractivity contribution in [1.29, 1.82) is 0 Å². The van der Waals surface area contributed by atoms with Gasteiger partial charge in [-0.1, -0.05) is 11.6 Å². The number of halogens is 1. The van der Waals surface area contributed by atoms with E-state index in [1.165, 1.54) is 4.80 Å². The lowest BCUT2D eigenvalue weighted by molar-refractivity contribution is -0.117. The minimum Gasteiger partial charge on any atom is -0.389 e. The molecule has 36 heavy (non-hydrogen) atoms. The molecular weight excluding hydrogens is 482 g/mol. The molecule has 2 N–H and O–H groups in total. The van der Waals surface area contributed by atoms with Gasteiger partial charge in [0.15, 0.2) is 0 Å². The Morgan fingerprint density at radius 1 is 1.19 bits per heavy atom. The fourth-order valence-electron chi connectivity index (χ4n) is 5.44. The van der Waals surface area contributed by atoms with Crippen molar-refractivity contribution in [2.24, 2.45) is 13.0 Å². The van der Waals surface area contributed by atoms with Gasteiger partial charge in [-0.15, -0.1) is 0 Å². The number of ether oxygens (including phenoxy) is 1. The Hall–Kier alpha value is -2.79. The molecule has 0 spiro atoms. The molecule has 2 aliphatic heterocycles. The number of fused-ring (bicyclic) bond motifs is 1. The Balaban J connectivity index is 1.15. The van der Waals surface area contributed by atoms with Crippen LogP contribution in [-0.2, 0) is 16.6 Å². The third-order valence-corrected chi connectivity index (χ3v) is 8.20. The molecule has 4 heterocycles. The first-order valence-electron chi connectivity index (χ1n) is 12.3. The quantitative estimate of drug-likeness (QED) is 0.535. The number of aryl methyl sites for hydroxylation is 1. The Morgan fingerprint density at radius 3 is 2.69 bits per heavy atom. The van der Waals surface area contributed by atoms with E-state index in [0.29, 0.717) is 24.1 Å². The van der Waals surface area contributed by atoms with Crippen LogP contribution in [0, 0.1) is 5.92 Å². The zero-order valence-corrected chi connectivity index (χ0v) is 21.1. The predicted octanol–water partition coefficient (Wildman–Crippen LogP) is 2.03. The van der Waals surface area contributed by atoms with Gasteiger partial charge in [0.1, 0.15) is 5.82 Å². The molecule has 6 rings (SSSR count). The zero-order chi connectivity index (χ0) is 25.0. The van der Waals surface area contributed by atoms with Crippen LogP contribution in [0.3, 0.4) is 0 Å². The van der Waals surface area contributed by atoms with E-state index in [-0.39, 0.29) is 23.3 Å². The maximum Gasteiger partial charge on any atom is 0.229 e. The van der Waals surface area contributed by atoms with E-state index < -0.39 is 6.10 Å². The average molecular weight is 512 g/mol. The predicted molar refractivity (Wildman–Crippen MR) is 136 cm³/mol. The first-order valence-corrected chi connectivity index (χ1v) is 12.7. The van der Waals surface area contributed by atoms with E-state index in [2.05, 4.69) is 43.3 Å². The van der Waals surface area contributed by atoms with Crippen LogP contribution in [0.4, 0.5) is 11.5 Å². The number of anilines is 2. The number of hydrogen-bond donors (Lipinski definition) is 2. The topological polar surface area (TPSA) is 109 Å². The maximum absolute atomic E-state index is 12.8. The van der Waals surface area contributed by atoms with Gasteiger partial charge in [-0.25, -0.2) is 4.98 Å². The Kier molecular flexibility index (Phi) is 5.87. The van der Waals surface area contributed by atoms with E-state index in [1.54, 1.807) is 19.4 Å². The van der Waals surface area contributed by atoms with Gasteiger partial charge in [-0.05, 0) is 36.9 Å². The third-order valence-electron chi connectivity index (χ3n) is 7.89. The van der Waals surface area contributed by atoms with Crippen molar-refractivity contribution in [2.45, 2.75) is 30.9 Å². The fraction of sp³-hybridized carbons (Fsp3) is 0.520. The van der Waals surface area contributed by atoms with Gasteiger partial charge in [-0.2, -0.15) is 15.0 Å². The number of piperazine rings is 1. The average Bonchev–Trinajstić information content (AvgIpc) is 3.44. The van der Waals surface area contributed by atoms with Gasteiger partial charge < -0.3 is 20.1 Å². The summed E-state index contributed by atoms with van der Waals surface area (Å²) >= 11 is 6.67. The minimum absolute atomic E-state index is 0.0469. The summed E-state index contributed by atoms with van der Waals surface area (Å²) in [5.41, 5.74) is 1.48. The molecule has 190 valence electrons. The number of benzene rings is 1. The molecule has 4 atom stereocenters. The van der Waals surface area contributed by atoms with Crippen LogP contribution in [0.2, 0.25) is 5.02 Å². The van der Waals surface area contributed by atoms with Gasteiger partial charge in [0.25, 0.3) is 0 Å². The van der Waals surface area contributed by atoms with Crippen molar-refractivity contribution >= 4 is 39.8 Å². The van der Waals surface area contributed by atoms with Gasteiger partial charge in [0.2, 0.25) is 5.91 Å². The SMILES string of the molecule is Cn1ncc(C2CC2C(=O)Nc2cc3cc(N4CCN([C@@]5(C)COC[C@H]5O)CC4)c(Cl)cc3cn2)n1. The molecule has 2 saturated heterocycles. The number of amides is 1. The number of nitrogens with zero attached hydrogens (tertiary/aromatic N) is 6. The highest BCUT2D eigenvalue weighted by Gasteiger charge is 2.46. The molecule has 1 saturated carbocycles. The highest BCUT2D eigenvalue weighted by Crippen LogP contribution is 2.47. The smallest absolute Gasteiger partial charge is 0.229 e. The lowest BCUT2D eigenvalue weighted by Gasteiger charge is -2.45. The minimum atomic E-state index is -0.471. The molecule has 2 aromatic heterocycles. The van der Waals surface area contributed by atoms with E-state index in [4.69, 9.17) is 16.3 Å². The molecule has 3 fully saturated rings. The van der Waals surface area contributed by atoms with Crippen LogP contribution in [0.5, 0.6) is 0 Å². The number of pyridine rings is 1. The summed E-state index contributed by atoms with van der Waals surface area (Å²) in [4.78, 5) is 23.3. The highest BCUT2D eigenvalue weighted by molar-refractivity contribution is 6.34.